The number of aliphatic hydroxyl groups is 1. The third-order valence-corrected chi connectivity index (χ3v) is 3.88. The molecule has 0 amide bonds. The van der Waals surface area contributed by atoms with Crippen LogP contribution in [-0.4, -0.2) is 11.7 Å². The average Bonchev–Trinajstić information content (AvgIpc) is 2.96. The smallest absolute Gasteiger partial charge is 0.392 e. The largest absolute Gasteiger partial charge is 0.416 e. The SMILES string of the molecule is OC/C=C(\c1cc(C(F)(F)F)cc(C(F)(F)F)c1)c1cccs1. The molecule has 0 unspecified atom stereocenters. The van der Waals surface area contributed by atoms with Crippen LogP contribution < -0.4 is 0 Å². The van der Waals surface area contributed by atoms with Crippen LogP contribution in [0.25, 0.3) is 5.57 Å². The topological polar surface area (TPSA) is 20.2 Å². The Morgan fingerprint density at radius 1 is 1.00 bits per heavy atom. The molecule has 0 saturated heterocycles. The van der Waals surface area contributed by atoms with E-state index in [0.717, 1.165) is 11.3 Å². The number of benzene rings is 1. The van der Waals surface area contributed by atoms with Gasteiger partial charge in [-0.3, -0.25) is 0 Å². The van der Waals surface area contributed by atoms with E-state index in [1.165, 1.54) is 6.08 Å². The molecular weight excluding hydrogens is 342 g/mol. The first-order valence-electron chi connectivity index (χ1n) is 6.27. The monoisotopic (exact) mass is 352 g/mol. The number of halogens is 6. The molecule has 1 heterocycles. The van der Waals surface area contributed by atoms with Gasteiger partial charge in [0.05, 0.1) is 17.7 Å². The maximum absolute atomic E-state index is 12.9. The van der Waals surface area contributed by atoms with Gasteiger partial charge in [-0.2, -0.15) is 26.3 Å². The lowest BCUT2D eigenvalue weighted by Gasteiger charge is -2.15. The highest BCUT2D eigenvalue weighted by Gasteiger charge is 2.37. The summed E-state index contributed by atoms with van der Waals surface area (Å²) < 4.78 is 77.4. The highest BCUT2D eigenvalue weighted by molar-refractivity contribution is 7.11. The van der Waals surface area contributed by atoms with Crippen molar-refractivity contribution in [2.75, 3.05) is 6.61 Å². The fraction of sp³-hybridized carbons (Fsp3) is 0.200. The summed E-state index contributed by atoms with van der Waals surface area (Å²) in [6.07, 6.45) is -8.63. The number of alkyl halides is 6. The third-order valence-electron chi connectivity index (χ3n) is 2.98. The molecule has 8 heteroatoms. The molecule has 1 N–H and O–H groups in total. The van der Waals surface area contributed by atoms with Gasteiger partial charge in [0.2, 0.25) is 0 Å². The molecule has 0 aliphatic rings. The summed E-state index contributed by atoms with van der Waals surface area (Å²) in [5, 5.41) is 10.7. The van der Waals surface area contributed by atoms with Crippen molar-refractivity contribution in [1.29, 1.82) is 0 Å². The zero-order valence-electron chi connectivity index (χ0n) is 11.4. The third kappa shape index (κ3) is 4.14. The first-order chi connectivity index (χ1) is 10.6. The molecule has 2 aromatic rings. The van der Waals surface area contributed by atoms with Crippen molar-refractivity contribution < 1.29 is 31.4 Å². The van der Waals surface area contributed by atoms with E-state index in [0.29, 0.717) is 17.0 Å². The number of thiophene rings is 1. The Kier molecular flexibility index (Phi) is 4.86. The van der Waals surface area contributed by atoms with Crippen molar-refractivity contribution in [2.24, 2.45) is 0 Å². The highest BCUT2D eigenvalue weighted by Crippen LogP contribution is 2.39. The molecule has 124 valence electrons. The first kappa shape index (κ1) is 17.6. The van der Waals surface area contributed by atoms with Gasteiger partial charge in [0.25, 0.3) is 0 Å². The van der Waals surface area contributed by atoms with Gasteiger partial charge >= 0.3 is 12.4 Å². The van der Waals surface area contributed by atoms with E-state index in [1.54, 1.807) is 17.5 Å². The minimum Gasteiger partial charge on any atom is -0.392 e. The molecule has 0 aliphatic carbocycles. The van der Waals surface area contributed by atoms with Crippen molar-refractivity contribution in [3.63, 3.8) is 0 Å². The van der Waals surface area contributed by atoms with Crippen LogP contribution in [-0.2, 0) is 12.4 Å². The van der Waals surface area contributed by atoms with Crippen LogP contribution in [0, 0.1) is 0 Å². The molecular formula is C15H10F6OS. The first-order valence-corrected chi connectivity index (χ1v) is 7.15. The summed E-state index contributed by atoms with van der Waals surface area (Å²) in [4.78, 5) is 0.464. The molecule has 0 saturated carbocycles. The van der Waals surface area contributed by atoms with Crippen LogP contribution >= 0.6 is 11.3 Å². The lowest BCUT2D eigenvalue weighted by molar-refractivity contribution is -0.143. The van der Waals surface area contributed by atoms with Gasteiger partial charge in [-0.15, -0.1) is 11.3 Å². The van der Waals surface area contributed by atoms with Gasteiger partial charge in [0, 0.05) is 4.88 Å². The van der Waals surface area contributed by atoms with Crippen LogP contribution in [0.4, 0.5) is 26.3 Å². The Morgan fingerprint density at radius 2 is 1.57 bits per heavy atom. The lowest BCUT2D eigenvalue weighted by Crippen LogP contribution is -2.11. The number of aliphatic hydroxyl groups excluding tert-OH is 1. The highest BCUT2D eigenvalue weighted by atomic mass is 32.1. The number of rotatable bonds is 3. The van der Waals surface area contributed by atoms with Crippen LogP contribution in [0.2, 0.25) is 0 Å². The summed E-state index contributed by atoms with van der Waals surface area (Å²) >= 11 is 1.15. The Balaban J connectivity index is 2.67. The van der Waals surface area contributed by atoms with Crippen molar-refractivity contribution in [3.8, 4) is 0 Å². The quantitative estimate of drug-likeness (QED) is 0.752. The molecule has 0 spiro atoms. The van der Waals surface area contributed by atoms with Crippen molar-refractivity contribution in [2.45, 2.75) is 12.4 Å². The Morgan fingerprint density at radius 3 is 1.96 bits per heavy atom. The van der Waals surface area contributed by atoms with Gasteiger partial charge in [-0.25, -0.2) is 0 Å². The summed E-state index contributed by atoms with van der Waals surface area (Å²) in [5.41, 5.74) is -2.90. The molecule has 1 aromatic carbocycles. The summed E-state index contributed by atoms with van der Waals surface area (Å²) in [7, 11) is 0. The molecule has 0 aliphatic heterocycles. The molecule has 2 rings (SSSR count). The fourth-order valence-corrected chi connectivity index (χ4v) is 2.78. The Hall–Kier alpha value is -1.80. The van der Waals surface area contributed by atoms with Crippen LogP contribution in [0.5, 0.6) is 0 Å². The van der Waals surface area contributed by atoms with Gasteiger partial charge in [-0.1, -0.05) is 6.07 Å². The fourth-order valence-electron chi connectivity index (χ4n) is 1.99. The predicted octanol–water partition coefficient (Wildman–Crippen LogP) is 5.21. The molecule has 0 radical (unpaired) electrons. The minimum atomic E-state index is -4.91. The number of hydrogen-bond donors (Lipinski definition) is 1. The standard InChI is InChI=1S/C15H10F6OS/c16-14(17,18)10-6-9(7-11(8-10)15(19,20)21)12(3-4-22)13-2-1-5-23-13/h1-3,5-8,22H,4H2/b12-3+. The predicted molar refractivity (Wildman–Crippen MR) is 74.9 cm³/mol. The zero-order chi connectivity index (χ0) is 17.3. The molecule has 1 nitrogen and oxygen atoms in total. The molecule has 23 heavy (non-hydrogen) atoms. The summed E-state index contributed by atoms with van der Waals surface area (Å²) in [5.74, 6) is 0. The van der Waals surface area contributed by atoms with Gasteiger partial charge in [-0.05, 0) is 46.9 Å². The van der Waals surface area contributed by atoms with E-state index < -0.39 is 30.1 Å². The van der Waals surface area contributed by atoms with Crippen molar-refractivity contribution in [1.82, 2.24) is 0 Å². The van der Waals surface area contributed by atoms with Crippen LogP contribution in [0.3, 0.4) is 0 Å². The second kappa shape index (κ2) is 6.37. The second-order valence-corrected chi connectivity index (χ2v) is 5.52. The number of hydrogen-bond acceptors (Lipinski definition) is 2. The summed E-state index contributed by atoms with van der Waals surface area (Å²) in [6.45, 7) is -0.509. The van der Waals surface area contributed by atoms with Gasteiger partial charge in [0.1, 0.15) is 0 Å². The van der Waals surface area contributed by atoms with E-state index in [9.17, 15) is 26.3 Å². The minimum absolute atomic E-state index is 0.0779. The second-order valence-electron chi connectivity index (χ2n) is 4.57. The Bertz CT molecular complexity index is 665. The summed E-state index contributed by atoms with van der Waals surface area (Å²) in [6, 6.07) is 4.55. The van der Waals surface area contributed by atoms with Crippen LogP contribution in [0.15, 0.2) is 41.8 Å². The lowest BCUT2D eigenvalue weighted by atomic mass is 9.98. The van der Waals surface area contributed by atoms with Gasteiger partial charge < -0.3 is 5.11 Å². The zero-order valence-corrected chi connectivity index (χ0v) is 12.2. The Labute approximate surface area is 131 Å². The van der Waals surface area contributed by atoms with E-state index in [1.807, 2.05) is 0 Å². The van der Waals surface area contributed by atoms with E-state index in [4.69, 9.17) is 5.11 Å². The average molecular weight is 352 g/mol. The maximum atomic E-state index is 12.9. The molecule has 0 atom stereocenters. The van der Waals surface area contributed by atoms with E-state index in [-0.39, 0.29) is 17.2 Å². The molecule has 1 aromatic heterocycles. The van der Waals surface area contributed by atoms with Crippen LogP contribution in [0.1, 0.15) is 21.6 Å². The van der Waals surface area contributed by atoms with E-state index in [2.05, 4.69) is 0 Å². The molecule has 0 fully saturated rings. The van der Waals surface area contributed by atoms with E-state index >= 15 is 0 Å². The molecule has 0 bridgehead atoms. The van der Waals surface area contributed by atoms with Crippen molar-refractivity contribution in [3.05, 3.63) is 63.4 Å². The normalized spacial score (nSPS) is 13.4. The van der Waals surface area contributed by atoms with Crippen molar-refractivity contribution >= 4 is 16.9 Å². The van der Waals surface area contributed by atoms with Gasteiger partial charge in [0.15, 0.2) is 0 Å². The maximum Gasteiger partial charge on any atom is 0.416 e.